The second-order valence-electron chi connectivity index (χ2n) is 8.83. The van der Waals surface area contributed by atoms with E-state index in [0.717, 1.165) is 18.4 Å². The van der Waals surface area contributed by atoms with Crippen molar-refractivity contribution in [2.75, 3.05) is 0 Å². The Morgan fingerprint density at radius 1 is 0.810 bits per heavy atom. The Kier molecular flexibility index (Phi) is 5.66. The summed E-state index contributed by atoms with van der Waals surface area (Å²) in [5.74, 6) is 0.632. The van der Waals surface area contributed by atoms with Gasteiger partial charge < -0.3 is 5.11 Å². The molecule has 0 fully saturated rings. The summed E-state index contributed by atoms with van der Waals surface area (Å²) in [5, 5.41) is 10.5. The summed E-state index contributed by atoms with van der Waals surface area (Å²) < 4.78 is 0. The van der Waals surface area contributed by atoms with Gasteiger partial charge in [-0.15, -0.1) is 0 Å². The summed E-state index contributed by atoms with van der Waals surface area (Å²) in [6, 6.07) is 6.69. The first-order valence-corrected chi connectivity index (χ1v) is 8.25. The molecule has 0 radical (unpaired) electrons. The van der Waals surface area contributed by atoms with Gasteiger partial charge in [0.2, 0.25) is 0 Å². The molecule has 21 heavy (non-hydrogen) atoms. The third-order valence-electron chi connectivity index (χ3n) is 4.09. The maximum absolute atomic E-state index is 10.5. The Bertz CT molecular complexity index is 425. The fourth-order valence-corrected chi connectivity index (χ4v) is 2.37. The largest absolute Gasteiger partial charge is 0.388 e. The van der Waals surface area contributed by atoms with Gasteiger partial charge in [0.25, 0.3) is 0 Å². The zero-order chi connectivity index (χ0) is 16.4. The Balaban J connectivity index is 3.19. The van der Waals surface area contributed by atoms with E-state index < -0.39 is 0 Å². The van der Waals surface area contributed by atoms with E-state index in [1.165, 1.54) is 11.1 Å². The second-order valence-corrected chi connectivity index (χ2v) is 8.83. The van der Waals surface area contributed by atoms with Gasteiger partial charge >= 0.3 is 0 Å². The molecule has 0 saturated carbocycles. The van der Waals surface area contributed by atoms with E-state index in [4.69, 9.17) is 0 Å². The van der Waals surface area contributed by atoms with Crippen molar-refractivity contribution in [3.8, 4) is 0 Å². The van der Waals surface area contributed by atoms with Crippen molar-refractivity contribution in [2.45, 2.75) is 85.2 Å². The van der Waals surface area contributed by atoms with Crippen LogP contribution in [0.25, 0.3) is 0 Å². The topological polar surface area (TPSA) is 20.2 Å². The van der Waals surface area contributed by atoms with Crippen LogP contribution in [0.2, 0.25) is 0 Å². The van der Waals surface area contributed by atoms with Crippen molar-refractivity contribution in [3.05, 3.63) is 34.9 Å². The van der Waals surface area contributed by atoms with Crippen LogP contribution in [0.5, 0.6) is 0 Å². The minimum Gasteiger partial charge on any atom is -0.388 e. The molecule has 0 spiro atoms. The monoisotopic (exact) mass is 290 g/mol. The number of benzene rings is 1. The zero-order valence-electron chi connectivity index (χ0n) is 15.2. The minimum atomic E-state index is -0.351. The molecule has 0 aliphatic heterocycles. The van der Waals surface area contributed by atoms with Crippen LogP contribution in [0.4, 0.5) is 0 Å². The van der Waals surface area contributed by atoms with E-state index in [0.29, 0.717) is 5.92 Å². The fourth-order valence-electron chi connectivity index (χ4n) is 2.37. The lowest BCUT2D eigenvalue weighted by atomic mass is 9.79. The van der Waals surface area contributed by atoms with E-state index in [2.05, 4.69) is 73.6 Å². The number of hydrogen-bond donors (Lipinski definition) is 1. The van der Waals surface area contributed by atoms with Crippen molar-refractivity contribution >= 4 is 0 Å². The molecule has 1 heteroatoms. The molecule has 0 bridgehead atoms. The first-order valence-electron chi connectivity index (χ1n) is 8.25. The fraction of sp³-hybridized carbons (Fsp3) is 0.700. The van der Waals surface area contributed by atoms with Crippen LogP contribution in [0, 0.1) is 5.92 Å². The number of aliphatic hydroxyl groups excluding tert-OH is 1. The molecule has 1 rings (SSSR count). The van der Waals surface area contributed by atoms with E-state index in [1.807, 2.05) is 0 Å². The van der Waals surface area contributed by atoms with Gasteiger partial charge in [0.15, 0.2) is 0 Å². The lowest BCUT2D eigenvalue weighted by Gasteiger charge is -2.27. The molecular weight excluding hydrogens is 256 g/mol. The number of hydrogen-bond acceptors (Lipinski definition) is 1. The third-order valence-corrected chi connectivity index (χ3v) is 4.09. The molecule has 1 aromatic carbocycles. The van der Waals surface area contributed by atoms with Crippen molar-refractivity contribution in [2.24, 2.45) is 5.92 Å². The number of rotatable bonds is 4. The standard InChI is InChI=1S/C20H34O/c1-14(2)9-10-18(21)15-11-16(19(3,4)5)13-17(12-15)20(6,7)8/h11-14,18,21H,9-10H2,1-8H3. The minimum absolute atomic E-state index is 0.105. The summed E-state index contributed by atoms with van der Waals surface area (Å²) >= 11 is 0. The molecule has 0 aromatic heterocycles. The van der Waals surface area contributed by atoms with E-state index >= 15 is 0 Å². The lowest BCUT2D eigenvalue weighted by Crippen LogP contribution is -2.17. The molecule has 0 aliphatic carbocycles. The first-order chi connectivity index (χ1) is 9.41. The molecule has 1 atom stereocenters. The summed E-state index contributed by atoms with van der Waals surface area (Å²) in [4.78, 5) is 0. The highest BCUT2D eigenvalue weighted by atomic mass is 16.3. The second kappa shape index (κ2) is 6.52. The van der Waals surface area contributed by atoms with Gasteiger partial charge in [-0.25, -0.2) is 0 Å². The summed E-state index contributed by atoms with van der Waals surface area (Å²) in [7, 11) is 0. The molecule has 1 nitrogen and oxygen atoms in total. The Labute approximate surface area is 131 Å². The predicted molar refractivity (Wildman–Crippen MR) is 92.9 cm³/mol. The average molecular weight is 290 g/mol. The van der Waals surface area contributed by atoms with Crippen molar-refractivity contribution in [3.63, 3.8) is 0 Å². The Morgan fingerprint density at radius 3 is 1.57 bits per heavy atom. The first kappa shape index (κ1) is 18.2. The van der Waals surface area contributed by atoms with Gasteiger partial charge in [-0.3, -0.25) is 0 Å². The highest BCUT2D eigenvalue weighted by molar-refractivity contribution is 5.38. The van der Waals surface area contributed by atoms with Crippen LogP contribution in [-0.4, -0.2) is 5.11 Å². The summed E-state index contributed by atoms with van der Waals surface area (Å²) in [5.41, 5.74) is 3.91. The molecule has 120 valence electrons. The van der Waals surface area contributed by atoms with Gasteiger partial charge in [0.05, 0.1) is 6.10 Å². The van der Waals surface area contributed by atoms with Gasteiger partial charge in [0, 0.05) is 0 Å². The highest BCUT2D eigenvalue weighted by Gasteiger charge is 2.22. The van der Waals surface area contributed by atoms with Crippen LogP contribution in [0.3, 0.4) is 0 Å². The molecule has 0 amide bonds. The average Bonchev–Trinajstić information content (AvgIpc) is 2.33. The predicted octanol–water partition coefficient (Wildman–Crippen LogP) is 5.75. The third kappa shape index (κ3) is 5.47. The molecular formula is C20H34O. The molecule has 1 N–H and O–H groups in total. The van der Waals surface area contributed by atoms with Gasteiger partial charge in [-0.1, -0.05) is 73.6 Å². The molecule has 0 heterocycles. The number of aliphatic hydroxyl groups is 1. The smallest absolute Gasteiger partial charge is 0.0790 e. The van der Waals surface area contributed by atoms with Crippen molar-refractivity contribution in [1.82, 2.24) is 0 Å². The maximum Gasteiger partial charge on any atom is 0.0790 e. The molecule has 0 saturated heterocycles. The molecule has 1 unspecified atom stereocenters. The maximum atomic E-state index is 10.5. The van der Waals surface area contributed by atoms with Crippen molar-refractivity contribution in [1.29, 1.82) is 0 Å². The van der Waals surface area contributed by atoms with Crippen LogP contribution >= 0.6 is 0 Å². The SMILES string of the molecule is CC(C)CCC(O)c1cc(C(C)(C)C)cc(C(C)(C)C)c1. The quantitative estimate of drug-likeness (QED) is 0.748. The van der Waals surface area contributed by atoms with Crippen LogP contribution in [0.15, 0.2) is 18.2 Å². The van der Waals surface area contributed by atoms with Gasteiger partial charge in [-0.2, -0.15) is 0 Å². The Hall–Kier alpha value is -0.820. The van der Waals surface area contributed by atoms with Crippen molar-refractivity contribution < 1.29 is 5.11 Å². The van der Waals surface area contributed by atoms with E-state index in [1.54, 1.807) is 0 Å². The zero-order valence-corrected chi connectivity index (χ0v) is 15.2. The van der Waals surface area contributed by atoms with E-state index in [9.17, 15) is 5.11 Å². The summed E-state index contributed by atoms with van der Waals surface area (Å²) in [6.45, 7) is 17.8. The molecule has 0 aliphatic rings. The van der Waals surface area contributed by atoms with Gasteiger partial charge in [0.1, 0.15) is 0 Å². The van der Waals surface area contributed by atoms with Crippen LogP contribution in [0.1, 0.15) is 91.0 Å². The van der Waals surface area contributed by atoms with E-state index in [-0.39, 0.29) is 16.9 Å². The Morgan fingerprint density at radius 2 is 1.24 bits per heavy atom. The normalized spacial score (nSPS) is 14.6. The lowest BCUT2D eigenvalue weighted by molar-refractivity contribution is 0.159. The van der Waals surface area contributed by atoms with Crippen LogP contribution in [-0.2, 0) is 10.8 Å². The molecule has 1 aromatic rings. The summed E-state index contributed by atoms with van der Waals surface area (Å²) in [6.07, 6.45) is 1.55. The van der Waals surface area contributed by atoms with Gasteiger partial charge in [-0.05, 0) is 46.3 Å². The highest BCUT2D eigenvalue weighted by Crippen LogP contribution is 2.33. The van der Waals surface area contributed by atoms with Crippen LogP contribution < -0.4 is 0 Å².